The number of H-pyrrole nitrogens is 1. The Bertz CT molecular complexity index is 1010. The quantitative estimate of drug-likeness (QED) is 0.741. The Labute approximate surface area is 148 Å². The second-order valence-electron chi connectivity index (χ2n) is 5.63. The third-order valence-electron chi connectivity index (χ3n) is 3.79. The summed E-state index contributed by atoms with van der Waals surface area (Å²) in [6, 6.07) is 9.38. The number of aromatic carboxylic acids is 1. The van der Waals surface area contributed by atoms with Gasteiger partial charge in [-0.2, -0.15) is 0 Å². The minimum atomic E-state index is -1.00. The van der Waals surface area contributed by atoms with E-state index >= 15 is 0 Å². The molecule has 3 rings (SSSR count). The summed E-state index contributed by atoms with van der Waals surface area (Å²) >= 11 is 6.33. The van der Waals surface area contributed by atoms with Gasteiger partial charge in [0.1, 0.15) is 17.7 Å². The molecule has 0 unspecified atom stereocenters. The van der Waals surface area contributed by atoms with Crippen molar-refractivity contribution in [3.63, 3.8) is 0 Å². The largest absolute Gasteiger partial charge is 0.486 e. The maximum atomic E-state index is 12.1. The summed E-state index contributed by atoms with van der Waals surface area (Å²) in [5, 5.41) is 9.80. The second kappa shape index (κ2) is 6.57. The highest BCUT2D eigenvalue weighted by molar-refractivity contribution is 6.32. The summed E-state index contributed by atoms with van der Waals surface area (Å²) in [7, 11) is 0. The van der Waals surface area contributed by atoms with Gasteiger partial charge < -0.3 is 14.8 Å². The van der Waals surface area contributed by atoms with Crippen LogP contribution in [0.5, 0.6) is 5.75 Å². The van der Waals surface area contributed by atoms with Crippen LogP contribution >= 0.6 is 11.6 Å². The number of carbonyl (C=O) groups is 1. The highest BCUT2D eigenvalue weighted by atomic mass is 35.5. The van der Waals surface area contributed by atoms with E-state index in [0.717, 1.165) is 0 Å². The number of nitrogens with one attached hydrogen (secondary N) is 1. The Kier molecular flexibility index (Phi) is 4.46. The first-order valence-corrected chi connectivity index (χ1v) is 7.93. The van der Waals surface area contributed by atoms with Gasteiger partial charge in [0.05, 0.1) is 16.5 Å². The number of hydrogen-bond acceptors (Lipinski definition) is 4. The van der Waals surface area contributed by atoms with E-state index in [-0.39, 0.29) is 11.1 Å². The smallest absolute Gasteiger partial charge is 0.335 e. The molecular formula is C18H15ClN2O4. The zero-order valence-electron chi connectivity index (χ0n) is 13.5. The molecule has 7 heteroatoms. The number of aryl methyl sites for hydroxylation is 1. The van der Waals surface area contributed by atoms with Crippen LogP contribution in [0.1, 0.15) is 34.8 Å². The first-order chi connectivity index (χ1) is 11.8. The minimum Gasteiger partial charge on any atom is -0.486 e. The average Bonchev–Trinajstić information content (AvgIpc) is 2.54. The van der Waals surface area contributed by atoms with E-state index in [2.05, 4.69) is 9.97 Å². The highest BCUT2D eigenvalue weighted by Gasteiger charge is 2.15. The maximum Gasteiger partial charge on any atom is 0.335 e. The van der Waals surface area contributed by atoms with Crippen LogP contribution in [0.2, 0.25) is 5.02 Å². The lowest BCUT2D eigenvalue weighted by molar-refractivity contribution is 0.0697. The monoisotopic (exact) mass is 358 g/mol. The molecule has 1 aromatic heterocycles. The molecule has 0 saturated carbocycles. The van der Waals surface area contributed by atoms with Crippen LogP contribution in [-0.4, -0.2) is 21.0 Å². The number of carboxylic acids is 1. The van der Waals surface area contributed by atoms with Gasteiger partial charge in [0, 0.05) is 10.6 Å². The summed E-state index contributed by atoms with van der Waals surface area (Å²) in [6.07, 6.45) is -0.437. The highest BCUT2D eigenvalue weighted by Crippen LogP contribution is 2.30. The standard InChI is InChI=1S/C18H15ClN2O4/c1-9(25-12-5-3-11(4-6-12)18(23)24)13-7-14-16(8-15(13)19)20-10(2)21-17(14)22/h3-9H,1-2H3,(H,23,24)(H,20,21,22)/t9-/m0/s1. The fraction of sp³-hybridized carbons (Fsp3) is 0.167. The molecule has 0 bridgehead atoms. The van der Waals surface area contributed by atoms with E-state index in [1.807, 2.05) is 0 Å². The van der Waals surface area contributed by atoms with E-state index in [4.69, 9.17) is 21.4 Å². The van der Waals surface area contributed by atoms with Gasteiger partial charge in [-0.25, -0.2) is 9.78 Å². The molecule has 1 heterocycles. The molecule has 128 valence electrons. The number of rotatable bonds is 4. The van der Waals surface area contributed by atoms with Gasteiger partial charge in [-0.1, -0.05) is 11.6 Å². The van der Waals surface area contributed by atoms with Crippen molar-refractivity contribution in [1.82, 2.24) is 9.97 Å². The van der Waals surface area contributed by atoms with Gasteiger partial charge in [-0.05, 0) is 50.2 Å². The van der Waals surface area contributed by atoms with Crippen LogP contribution < -0.4 is 10.3 Å². The number of halogens is 1. The first-order valence-electron chi connectivity index (χ1n) is 7.55. The van der Waals surface area contributed by atoms with Gasteiger partial charge in [-0.3, -0.25) is 4.79 Å². The lowest BCUT2D eigenvalue weighted by atomic mass is 10.1. The third-order valence-corrected chi connectivity index (χ3v) is 4.12. The molecule has 25 heavy (non-hydrogen) atoms. The summed E-state index contributed by atoms with van der Waals surface area (Å²) in [5.74, 6) is 0.0212. The molecule has 0 aliphatic heterocycles. The van der Waals surface area contributed by atoms with Crippen LogP contribution in [0.4, 0.5) is 0 Å². The summed E-state index contributed by atoms with van der Waals surface area (Å²) < 4.78 is 5.82. The van der Waals surface area contributed by atoms with Crippen LogP contribution in [0.25, 0.3) is 10.9 Å². The van der Waals surface area contributed by atoms with E-state index in [1.54, 1.807) is 38.1 Å². The number of aromatic amines is 1. The van der Waals surface area contributed by atoms with Crippen molar-refractivity contribution in [2.75, 3.05) is 0 Å². The first kappa shape index (κ1) is 17.0. The third kappa shape index (κ3) is 3.49. The maximum absolute atomic E-state index is 12.1. The second-order valence-corrected chi connectivity index (χ2v) is 6.04. The van der Waals surface area contributed by atoms with Gasteiger partial charge >= 0.3 is 5.97 Å². The van der Waals surface area contributed by atoms with Gasteiger partial charge in [0.15, 0.2) is 0 Å². The molecule has 0 amide bonds. The Morgan fingerprint density at radius 2 is 1.96 bits per heavy atom. The van der Waals surface area contributed by atoms with Gasteiger partial charge in [0.25, 0.3) is 5.56 Å². The molecule has 0 aliphatic rings. The van der Waals surface area contributed by atoms with Crippen molar-refractivity contribution in [2.45, 2.75) is 20.0 Å². The number of benzene rings is 2. The predicted octanol–water partition coefficient (Wildman–Crippen LogP) is 3.72. The van der Waals surface area contributed by atoms with Crippen LogP contribution in [0.3, 0.4) is 0 Å². The number of ether oxygens (including phenoxy) is 1. The minimum absolute atomic E-state index is 0.178. The van der Waals surface area contributed by atoms with Crippen molar-refractivity contribution in [1.29, 1.82) is 0 Å². The van der Waals surface area contributed by atoms with Crippen molar-refractivity contribution in [3.8, 4) is 5.75 Å². The van der Waals surface area contributed by atoms with E-state index in [0.29, 0.717) is 33.1 Å². The fourth-order valence-corrected chi connectivity index (χ4v) is 2.86. The fourth-order valence-electron chi connectivity index (χ4n) is 2.55. The molecular weight excluding hydrogens is 344 g/mol. The summed E-state index contributed by atoms with van der Waals surface area (Å²) in [6.45, 7) is 3.50. The van der Waals surface area contributed by atoms with Crippen LogP contribution in [-0.2, 0) is 0 Å². The van der Waals surface area contributed by atoms with Crippen molar-refractivity contribution < 1.29 is 14.6 Å². The molecule has 0 spiro atoms. The van der Waals surface area contributed by atoms with Crippen molar-refractivity contribution in [3.05, 3.63) is 68.7 Å². The number of carboxylic acid groups (broad SMARTS) is 1. The van der Waals surface area contributed by atoms with Crippen molar-refractivity contribution >= 4 is 28.5 Å². The van der Waals surface area contributed by atoms with Crippen molar-refractivity contribution in [2.24, 2.45) is 0 Å². The average molecular weight is 359 g/mol. The van der Waals surface area contributed by atoms with Gasteiger partial charge in [0.2, 0.25) is 0 Å². The number of aromatic nitrogens is 2. The molecule has 0 aliphatic carbocycles. The van der Waals surface area contributed by atoms with E-state index in [9.17, 15) is 9.59 Å². The zero-order valence-corrected chi connectivity index (χ0v) is 14.3. The molecule has 2 aromatic carbocycles. The number of nitrogens with zero attached hydrogens (tertiary/aromatic N) is 1. The predicted molar refractivity (Wildman–Crippen MR) is 94.6 cm³/mol. The van der Waals surface area contributed by atoms with E-state index < -0.39 is 12.1 Å². The molecule has 1 atom stereocenters. The molecule has 2 N–H and O–H groups in total. The SMILES string of the molecule is Cc1nc2cc(Cl)c([C@H](C)Oc3ccc(C(=O)O)cc3)cc2c(=O)[nH]1. The molecule has 0 saturated heterocycles. The lowest BCUT2D eigenvalue weighted by Crippen LogP contribution is -2.11. The number of hydrogen-bond donors (Lipinski definition) is 2. The Hall–Kier alpha value is -2.86. The van der Waals surface area contributed by atoms with E-state index in [1.165, 1.54) is 12.1 Å². The van der Waals surface area contributed by atoms with Crippen LogP contribution in [0.15, 0.2) is 41.2 Å². The van der Waals surface area contributed by atoms with Crippen LogP contribution in [0, 0.1) is 6.92 Å². The number of fused-ring (bicyclic) bond motifs is 1. The summed E-state index contributed by atoms with van der Waals surface area (Å²) in [5.41, 5.74) is 1.11. The van der Waals surface area contributed by atoms with Gasteiger partial charge in [-0.15, -0.1) is 0 Å². The Balaban J connectivity index is 1.93. The molecule has 0 radical (unpaired) electrons. The topological polar surface area (TPSA) is 92.3 Å². The molecule has 3 aromatic rings. The normalized spacial score (nSPS) is 12.1. The Morgan fingerprint density at radius 1 is 1.28 bits per heavy atom. The summed E-state index contributed by atoms with van der Waals surface area (Å²) in [4.78, 5) is 29.9. The Morgan fingerprint density at radius 3 is 2.60 bits per heavy atom. The zero-order chi connectivity index (χ0) is 18.1. The lowest BCUT2D eigenvalue weighted by Gasteiger charge is -2.17. The molecule has 0 fully saturated rings. The molecule has 6 nitrogen and oxygen atoms in total.